The number of amides is 1. The van der Waals surface area contributed by atoms with Gasteiger partial charge in [-0.05, 0) is 17.4 Å². The number of hydrogen-bond donors (Lipinski definition) is 1. The van der Waals surface area contributed by atoms with Crippen LogP contribution in [-0.2, 0) is 11.2 Å². The minimum atomic E-state index is -5.06. The van der Waals surface area contributed by atoms with Crippen molar-refractivity contribution >= 4 is 12.9 Å². The smallest absolute Gasteiger partial charge is 0.448 e. The van der Waals surface area contributed by atoms with E-state index in [1.54, 1.807) is 44.2 Å². The molecule has 0 heterocycles. The third-order valence-electron chi connectivity index (χ3n) is 2.74. The number of carbonyl (C=O) groups excluding carboxylic acids is 1. The zero-order valence-corrected chi connectivity index (χ0v) is 15.2. The van der Waals surface area contributed by atoms with E-state index < -0.39 is 18.8 Å². The summed E-state index contributed by atoms with van der Waals surface area (Å²) >= 11 is 0. The fourth-order valence-electron chi connectivity index (χ4n) is 1.85. The van der Waals surface area contributed by atoms with Gasteiger partial charge in [-0.25, -0.2) is 0 Å². The van der Waals surface area contributed by atoms with Crippen molar-refractivity contribution in [3.63, 3.8) is 0 Å². The van der Waals surface area contributed by atoms with Crippen molar-refractivity contribution in [3.05, 3.63) is 35.9 Å². The summed E-state index contributed by atoms with van der Waals surface area (Å²) in [6, 6.07) is 8.73. The van der Waals surface area contributed by atoms with E-state index in [4.69, 9.17) is 0 Å². The fourth-order valence-corrected chi connectivity index (χ4v) is 1.85. The maximum atomic E-state index is 12.8. The molecule has 1 N–H and O–H groups in total. The Labute approximate surface area is 160 Å². The van der Waals surface area contributed by atoms with Crippen LogP contribution in [0.5, 0.6) is 0 Å². The summed E-state index contributed by atoms with van der Waals surface area (Å²) in [4.78, 5) is 11.6. The van der Waals surface area contributed by atoms with Gasteiger partial charge in [0.15, 0.2) is 0 Å². The molecule has 20 heavy (non-hydrogen) atoms. The Bertz CT molecular complexity index is 412. The second kappa shape index (κ2) is 9.25. The summed E-state index contributed by atoms with van der Waals surface area (Å²) in [5.41, 5.74) is 0.706. The van der Waals surface area contributed by atoms with E-state index in [9.17, 15) is 17.7 Å². The molecule has 0 unspecified atom stereocenters. The van der Waals surface area contributed by atoms with E-state index in [0.29, 0.717) is 5.56 Å². The quantitative estimate of drug-likeness (QED) is 0.745. The van der Waals surface area contributed by atoms with Gasteiger partial charge in [0.2, 0.25) is 5.91 Å². The first-order valence-electron chi connectivity index (χ1n) is 6.32. The molecule has 1 aromatic rings. The molecular weight excluding hydrogens is 293 g/mol. The van der Waals surface area contributed by atoms with E-state index in [-0.39, 0.29) is 70.1 Å². The van der Waals surface area contributed by atoms with Crippen LogP contribution in [0.25, 0.3) is 0 Å². The van der Waals surface area contributed by atoms with E-state index in [1.165, 1.54) is 0 Å². The Morgan fingerprint density at radius 2 is 1.75 bits per heavy atom. The molecule has 0 aromatic heterocycles. The number of hydrogen-bond acceptors (Lipinski definition) is 1. The molecule has 0 aliphatic rings. The number of rotatable bonds is 6. The summed E-state index contributed by atoms with van der Waals surface area (Å²) in [7, 11) is 0. The van der Waals surface area contributed by atoms with Gasteiger partial charge >= 0.3 is 58.4 Å². The van der Waals surface area contributed by atoms with Gasteiger partial charge in [0.05, 0.1) is 6.42 Å². The molecular formula is C13H18BF3KNO. The van der Waals surface area contributed by atoms with Gasteiger partial charge in [0, 0.05) is 0 Å². The van der Waals surface area contributed by atoms with Gasteiger partial charge in [-0.2, -0.15) is 0 Å². The van der Waals surface area contributed by atoms with Crippen molar-refractivity contribution in [2.24, 2.45) is 5.92 Å². The monoisotopic (exact) mass is 311 g/mol. The molecule has 1 amide bonds. The second-order valence-corrected chi connectivity index (χ2v) is 5.09. The summed E-state index contributed by atoms with van der Waals surface area (Å²) in [5, 5.41) is 2.10. The Kier molecular flexibility index (Phi) is 9.33. The topological polar surface area (TPSA) is 29.1 Å². The first-order valence-corrected chi connectivity index (χ1v) is 6.32. The SMILES string of the molecule is CC(C)C[C@H](NC(=O)Cc1ccccc1)[B-](F)(F)F.[K+]. The van der Waals surface area contributed by atoms with E-state index in [2.05, 4.69) is 5.32 Å². The predicted molar refractivity (Wildman–Crippen MR) is 70.6 cm³/mol. The zero-order valence-electron chi connectivity index (χ0n) is 12.1. The molecule has 2 nitrogen and oxygen atoms in total. The standard InChI is InChI=1S/C13H18BF3NO.K/c1-10(2)8-12(14(15,16)17)18-13(19)9-11-6-4-3-5-7-11;/h3-7,10,12H,8-9H2,1-2H3,(H,18,19);/q-1;+1/t12-;/m0./s1. The molecule has 0 radical (unpaired) electrons. The molecule has 1 rings (SSSR count). The average Bonchev–Trinajstić information content (AvgIpc) is 2.27. The van der Waals surface area contributed by atoms with Gasteiger partial charge < -0.3 is 18.3 Å². The normalized spacial score (nSPS) is 12.7. The van der Waals surface area contributed by atoms with Crippen LogP contribution in [0.2, 0.25) is 0 Å². The van der Waals surface area contributed by atoms with Crippen LogP contribution in [-0.4, -0.2) is 18.8 Å². The minimum Gasteiger partial charge on any atom is -0.448 e. The molecule has 0 aliphatic heterocycles. The van der Waals surface area contributed by atoms with Crippen molar-refractivity contribution in [1.82, 2.24) is 5.32 Å². The molecule has 0 bridgehead atoms. The van der Waals surface area contributed by atoms with Crippen LogP contribution in [0.1, 0.15) is 25.8 Å². The van der Waals surface area contributed by atoms with Crippen LogP contribution in [0.15, 0.2) is 30.3 Å². The Balaban J connectivity index is 0.00000361. The van der Waals surface area contributed by atoms with E-state index >= 15 is 0 Å². The zero-order chi connectivity index (χ0) is 14.5. The van der Waals surface area contributed by atoms with Gasteiger partial charge in [-0.1, -0.05) is 50.6 Å². The molecule has 0 spiro atoms. The molecule has 106 valence electrons. The van der Waals surface area contributed by atoms with Gasteiger partial charge in [-0.15, -0.1) is 0 Å². The number of nitrogens with one attached hydrogen (secondary N) is 1. The molecule has 0 aliphatic carbocycles. The summed E-state index contributed by atoms with van der Waals surface area (Å²) in [5.74, 6) is -2.42. The molecule has 1 aromatic carbocycles. The van der Waals surface area contributed by atoms with Crippen LogP contribution in [0, 0.1) is 5.92 Å². The first kappa shape index (κ1) is 20.2. The van der Waals surface area contributed by atoms with Crippen LogP contribution < -0.4 is 56.7 Å². The summed E-state index contributed by atoms with van der Waals surface area (Å²) in [6.45, 7) is -1.65. The maximum absolute atomic E-state index is 12.8. The van der Waals surface area contributed by atoms with Gasteiger partial charge in [0.25, 0.3) is 0 Å². The van der Waals surface area contributed by atoms with Crippen molar-refractivity contribution in [1.29, 1.82) is 0 Å². The summed E-state index contributed by atoms with van der Waals surface area (Å²) in [6.07, 6.45) is -0.106. The third-order valence-corrected chi connectivity index (χ3v) is 2.74. The Hall–Kier alpha value is 0.181. The van der Waals surface area contributed by atoms with Crippen LogP contribution in [0.4, 0.5) is 12.9 Å². The molecule has 1 atom stereocenters. The predicted octanol–water partition coefficient (Wildman–Crippen LogP) is 0.151. The van der Waals surface area contributed by atoms with E-state index in [1.807, 2.05) is 0 Å². The van der Waals surface area contributed by atoms with E-state index in [0.717, 1.165) is 0 Å². The third kappa shape index (κ3) is 7.83. The maximum Gasteiger partial charge on any atom is 1.00 e. The molecule has 7 heteroatoms. The molecule has 0 saturated carbocycles. The minimum absolute atomic E-state index is 0. The van der Waals surface area contributed by atoms with Crippen LogP contribution >= 0.6 is 0 Å². The van der Waals surface area contributed by atoms with Crippen molar-refractivity contribution in [2.75, 3.05) is 0 Å². The average molecular weight is 311 g/mol. The van der Waals surface area contributed by atoms with Gasteiger partial charge in [0.1, 0.15) is 0 Å². The van der Waals surface area contributed by atoms with Crippen molar-refractivity contribution in [3.8, 4) is 0 Å². The first-order chi connectivity index (χ1) is 8.79. The van der Waals surface area contributed by atoms with Crippen molar-refractivity contribution in [2.45, 2.75) is 32.6 Å². The second-order valence-electron chi connectivity index (χ2n) is 5.09. The van der Waals surface area contributed by atoms with Gasteiger partial charge in [-0.3, -0.25) is 4.79 Å². The Morgan fingerprint density at radius 1 is 1.20 bits per heavy atom. The number of halogens is 3. The van der Waals surface area contributed by atoms with Crippen molar-refractivity contribution < 1.29 is 69.1 Å². The summed E-state index contributed by atoms with van der Waals surface area (Å²) < 4.78 is 38.5. The number of carbonyl (C=O) groups is 1. The Morgan fingerprint density at radius 3 is 2.20 bits per heavy atom. The van der Waals surface area contributed by atoms with Crippen LogP contribution in [0.3, 0.4) is 0 Å². The largest absolute Gasteiger partial charge is 1.00 e. The number of benzene rings is 1. The fraction of sp³-hybridized carbons (Fsp3) is 0.462. The molecule has 0 fully saturated rings. The molecule has 0 saturated heterocycles.